The Morgan fingerprint density at radius 3 is 2.62 bits per heavy atom. The maximum absolute atomic E-state index is 12.7. The molecule has 1 heterocycles. The smallest absolute Gasteiger partial charge is 0.243 e. The summed E-state index contributed by atoms with van der Waals surface area (Å²) < 4.78 is 0. The fourth-order valence-corrected chi connectivity index (χ4v) is 4.48. The summed E-state index contributed by atoms with van der Waals surface area (Å²) in [6.45, 7) is 1.24. The lowest BCUT2D eigenvalue weighted by Gasteiger charge is -2.27. The predicted octanol–water partition coefficient (Wildman–Crippen LogP) is 2.15. The molecule has 0 unspecified atom stereocenters. The molecule has 2 fully saturated rings. The van der Waals surface area contributed by atoms with E-state index in [0.29, 0.717) is 42.7 Å². The molecule has 1 aliphatic heterocycles. The molecule has 158 valence electrons. The van der Waals surface area contributed by atoms with Gasteiger partial charge in [-0.05, 0) is 43.4 Å². The number of carbonyl (C=O) groups is 2. The van der Waals surface area contributed by atoms with Crippen LogP contribution in [0.2, 0.25) is 5.02 Å². The van der Waals surface area contributed by atoms with Crippen LogP contribution in [0.4, 0.5) is 0 Å². The van der Waals surface area contributed by atoms with E-state index in [9.17, 15) is 9.59 Å². The molecule has 7 nitrogen and oxygen atoms in total. The molecule has 0 bridgehead atoms. The highest BCUT2D eigenvalue weighted by Crippen LogP contribution is 2.20. The number of hydrogen-bond donors (Lipinski definition) is 4. The van der Waals surface area contributed by atoms with Gasteiger partial charge < -0.3 is 21.3 Å². The first kappa shape index (κ1) is 21.6. The minimum absolute atomic E-state index is 0.00193. The van der Waals surface area contributed by atoms with Crippen LogP contribution >= 0.6 is 11.6 Å². The van der Waals surface area contributed by atoms with Crippen LogP contribution in [-0.4, -0.2) is 47.7 Å². The molecule has 1 saturated heterocycles. The standard InChI is InChI=1S/C21H30ClN5O2/c22-17-11-14(8-9-16(17)20(23)24)12-26-21(29)18-7-4-10-27(18)19(28)13-25-15-5-2-1-3-6-15/h8-9,11,15,18,25H,1-7,10,12-13H2,(H3,23,24)(H,26,29)/t18-/m0/s1. The van der Waals surface area contributed by atoms with Crippen molar-refractivity contribution >= 4 is 29.3 Å². The lowest BCUT2D eigenvalue weighted by Crippen LogP contribution is -2.49. The number of amides is 2. The molecule has 0 radical (unpaired) electrons. The zero-order valence-electron chi connectivity index (χ0n) is 16.7. The molecule has 1 saturated carbocycles. The molecule has 3 rings (SSSR count). The van der Waals surface area contributed by atoms with Gasteiger partial charge in [0.15, 0.2) is 0 Å². The average Bonchev–Trinajstić information content (AvgIpc) is 3.21. The molecule has 0 spiro atoms. The van der Waals surface area contributed by atoms with Crippen molar-refractivity contribution in [1.82, 2.24) is 15.5 Å². The molecule has 5 N–H and O–H groups in total. The SMILES string of the molecule is N=C(N)c1ccc(CNC(=O)[C@@H]2CCCN2C(=O)CNC2CCCCC2)cc1Cl. The van der Waals surface area contributed by atoms with Gasteiger partial charge in [-0.2, -0.15) is 0 Å². The number of rotatable bonds is 7. The van der Waals surface area contributed by atoms with Crippen molar-refractivity contribution in [3.8, 4) is 0 Å². The van der Waals surface area contributed by atoms with E-state index in [1.807, 2.05) is 0 Å². The van der Waals surface area contributed by atoms with Crippen molar-refractivity contribution in [2.24, 2.45) is 5.73 Å². The summed E-state index contributed by atoms with van der Waals surface area (Å²) in [5.41, 5.74) is 6.77. The van der Waals surface area contributed by atoms with Crippen molar-refractivity contribution in [2.45, 2.75) is 63.6 Å². The molecule has 0 aromatic heterocycles. The normalized spacial score (nSPS) is 19.9. The van der Waals surface area contributed by atoms with E-state index in [1.54, 1.807) is 23.1 Å². The number of nitrogen functional groups attached to an aromatic ring is 1. The highest BCUT2D eigenvalue weighted by molar-refractivity contribution is 6.34. The first-order valence-electron chi connectivity index (χ1n) is 10.4. The Morgan fingerprint density at radius 1 is 1.17 bits per heavy atom. The third-order valence-corrected chi connectivity index (χ3v) is 6.13. The number of benzene rings is 1. The van der Waals surface area contributed by atoms with Gasteiger partial charge in [-0.3, -0.25) is 15.0 Å². The van der Waals surface area contributed by atoms with Crippen LogP contribution in [0.15, 0.2) is 18.2 Å². The van der Waals surface area contributed by atoms with Crippen LogP contribution in [0.3, 0.4) is 0 Å². The monoisotopic (exact) mass is 419 g/mol. The zero-order chi connectivity index (χ0) is 20.8. The van der Waals surface area contributed by atoms with E-state index < -0.39 is 6.04 Å². The first-order valence-corrected chi connectivity index (χ1v) is 10.8. The number of nitrogens with two attached hydrogens (primary N) is 1. The van der Waals surface area contributed by atoms with Crippen LogP contribution in [-0.2, 0) is 16.1 Å². The Bertz CT molecular complexity index is 763. The number of amidine groups is 1. The van der Waals surface area contributed by atoms with Gasteiger partial charge in [-0.15, -0.1) is 0 Å². The van der Waals surface area contributed by atoms with Gasteiger partial charge in [0.2, 0.25) is 11.8 Å². The number of likely N-dealkylation sites (tertiary alicyclic amines) is 1. The van der Waals surface area contributed by atoms with Crippen LogP contribution in [0, 0.1) is 5.41 Å². The van der Waals surface area contributed by atoms with Gasteiger partial charge >= 0.3 is 0 Å². The number of nitrogens with one attached hydrogen (secondary N) is 3. The van der Waals surface area contributed by atoms with E-state index in [0.717, 1.165) is 24.8 Å². The Morgan fingerprint density at radius 2 is 1.93 bits per heavy atom. The van der Waals surface area contributed by atoms with Crippen LogP contribution in [0.25, 0.3) is 0 Å². The molecule has 2 amide bonds. The molecule has 1 atom stereocenters. The molecule has 8 heteroatoms. The summed E-state index contributed by atoms with van der Waals surface area (Å²) >= 11 is 6.14. The quantitative estimate of drug-likeness (QED) is 0.400. The first-order chi connectivity index (χ1) is 14.0. The second-order valence-corrected chi connectivity index (χ2v) is 8.31. The van der Waals surface area contributed by atoms with Crippen molar-refractivity contribution < 1.29 is 9.59 Å². The number of nitrogens with zero attached hydrogens (tertiary/aromatic N) is 1. The minimum atomic E-state index is -0.414. The topological polar surface area (TPSA) is 111 Å². The Balaban J connectivity index is 1.50. The number of halogens is 1. The molecule has 29 heavy (non-hydrogen) atoms. The van der Waals surface area contributed by atoms with E-state index >= 15 is 0 Å². The van der Waals surface area contributed by atoms with Crippen LogP contribution < -0.4 is 16.4 Å². The van der Waals surface area contributed by atoms with Crippen LogP contribution in [0.1, 0.15) is 56.1 Å². The van der Waals surface area contributed by atoms with E-state index in [1.165, 1.54) is 19.3 Å². The van der Waals surface area contributed by atoms with Crippen molar-refractivity contribution in [3.63, 3.8) is 0 Å². The average molecular weight is 420 g/mol. The van der Waals surface area contributed by atoms with Crippen molar-refractivity contribution in [3.05, 3.63) is 34.3 Å². The third-order valence-electron chi connectivity index (χ3n) is 5.81. The maximum atomic E-state index is 12.7. The summed E-state index contributed by atoms with van der Waals surface area (Å²) in [5, 5.41) is 14.1. The van der Waals surface area contributed by atoms with E-state index in [4.69, 9.17) is 22.7 Å². The maximum Gasteiger partial charge on any atom is 0.243 e. The summed E-state index contributed by atoms with van der Waals surface area (Å²) in [6, 6.07) is 5.17. The van der Waals surface area contributed by atoms with Gasteiger partial charge in [0, 0.05) is 24.7 Å². The predicted molar refractivity (Wildman–Crippen MR) is 114 cm³/mol. The van der Waals surface area contributed by atoms with Gasteiger partial charge in [-0.1, -0.05) is 36.9 Å². The summed E-state index contributed by atoms with van der Waals surface area (Å²) in [5.74, 6) is -0.227. The molecule has 1 aromatic carbocycles. The number of hydrogen-bond acceptors (Lipinski definition) is 4. The van der Waals surface area contributed by atoms with Gasteiger partial charge in [-0.25, -0.2) is 0 Å². The van der Waals surface area contributed by atoms with E-state index in [-0.39, 0.29) is 17.6 Å². The molecular weight excluding hydrogens is 390 g/mol. The zero-order valence-corrected chi connectivity index (χ0v) is 17.4. The second kappa shape index (κ2) is 10.1. The Kier molecular flexibility index (Phi) is 7.50. The fourth-order valence-electron chi connectivity index (χ4n) is 4.17. The molecular formula is C21H30ClN5O2. The van der Waals surface area contributed by atoms with Gasteiger partial charge in [0.25, 0.3) is 0 Å². The molecule has 2 aliphatic rings. The third kappa shape index (κ3) is 5.70. The van der Waals surface area contributed by atoms with Crippen LogP contribution in [0.5, 0.6) is 0 Å². The van der Waals surface area contributed by atoms with Crippen molar-refractivity contribution in [2.75, 3.05) is 13.1 Å². The van der Waals surface area contributed by atoms with Gasteiger partial charge in [0.05, 0.1) is 11.6 Å². The van der Waals surface area contributed by atoms with E-state index in [2.05, 4.69) is 10.6 Å². The Hall–Kier alpha value is -2.12. The summed E-state index contributed by atoms with van der Waals surface area (Å²) in [6.07, 6.45) is 7.50. The molecule has 1 aromatic rings. The summed E-state index contributed by atoms with van der Waals surface area (Å²) in [4.78, 5) is 27.0. The summed E-state index contributed by atoms with van der Waals surface area (Å²) in [7, 11) is 0. The molecule has 1 aliphatic carbocycles. The number of carbonyl (C=O) groups excluding carboxylic acids is 2. The largest absolute Gasteiger partial charge is 0.384 e. The van der Waals surface area contributed by atoms with Gasteiger partial charge in [0.1, 0.15) is 11.9 Å². The second-order valence-electron chi connectivity index (χ2n) is 7.91. The highest BCUT2D eigenvalue weighted by Gasteiger charge is 2.33. The fraction of sp³-hybridized carbons (Fsp3) is 0.571. The lowest BCUT2D eigenvalue weighted by atomic mass is 9.95. The lowest BCUT2D eigenvalue weighted by molar-refractivity contribution is -0.138. The van der Waals surface area contributed by atoms with Crippen molar-refractivity contribution in [1.29, 1.82) is 5.41 Å². The highest BCUT2D eigenvalue weighted by atomic mass is 35.5. The minimum Gasteiger partial charge on any atom is -0.384 e. The Labute approximate surface area is 176 Å².